The molecule has 22 heavy (non-hydrogen) atoms. The predicted molar refractivity (Wildman–Crippen MR) is 78.1 cm³/mol. The average Bonchev–Trinajstić information content (AvgIpc) is 3.06. The standard InChI is InChI=1S/C15H14N2O5/c1-2-9-7-16(15-6-13(19)14(8-18)22-15)12-4-3-10(17(20)21)5-11(9)12/h1,3-5,7,13-15,18-19H,6,8H2/t13?,14-,15-/m1/s1. The highest BCUT2D eigenvalue weighted by Crippen LogP contribution is 2.34. The zero-order valence-corrected chi connectivity index (χ0v) is 11.5. The van der Waals surface area contributed by atoms with E-state index in [4.69, 9.17) is 16.3 Å². The summed E-state index contributed by atoms with van der Waals surface area (Å²) in [5.41, 5.74) is 1.17. The summed E-state index contributed by atoms with van der Waals surface area (Å²) in [6.45, 7) is -0.273. The van der Waals surface area contributed by atoms with Crippen LogP contribution in [0.4, 0.5) is 5.69 Å². The number of hydrogen-bond acceptors (Lipinski definition) is 5. The number of fused-ring (bicyclic) bond motifs is 1. The van der Waals surface area contributed by atoms with Gasteiger partial charge in [0.15, 0.2) is 0 Å². The average molecular weight is 302 g/mol. The number of aliphatic hydroxyl groups is 2. The molecule has 0 spiro atoms. The number of hydrogen-bond donors (Lipinski definition) is 2. The van der Waals surface area contributed by atoms with Crippen molar-refractivity contribution in [2.75, 3.05) is 6.61 Å². The summed E-state index contributed by atoms with van der Waals surface area (Å²) in [4.78, 5) is 10.4. The molecule has 1 aliphatic heterocycles. The number of terminal acetylenes is 1. The first-order valence-corrected chi connectivity index (χ1v) is 6.75. The van der Waals surface area contributed by atoms with Crippen LogP contribution in [-0.4, -0.2) is 38.5 Å². The van der Waals surface area contributed by atoms with Crippen molar-refractivity contribution in [1.82, 2.24) is 4.57 Å². The van der Waals surface area contributed by atoms with Crippen LogP contribution in [0.1, 0.15) is 18.2 Å². The van der Waals surface area contributed by atoms with Gasteiger partial charge in [0.2, 0.25) is 0 Å². The Kier molecular flexibility index (Phi) is 3.58. The van der Waals surface area contributed by atoms with Crippen molar-refractivity contribution >= 4 is 16.6 Å². The minimum atomic E-state index is -0.764. The van der Waals surface area contributed by atoms with Crippen molar-refractivity contribution in [3.05, 3.63) is 40.1 Å². The smallest absolute Gasteiger partial charge is 0.270 e. The van der Waals surface area contributed by atoms with Gasteiger partial charge in [0.25, 0.3) is 5.69 Å². The van der Waals surface area contributed by atoms with Crippen molar-refractivity contribution in [3.8, 4) is 12.3 Å². The molecule has 1 aromatic heterocycles. The van der Waals surface area contributed by atoms with Gasteiger partial charge in [0.1, 0.15) is 12.3 Å². The lowest BCUT2D eigenvalue weighted by atomic mass is 10.1. The van der Waals surface area contributed by atoms with Crippen LogP contribution < -0.4 is 0 Å². The predicted octanol–water partition coefficient (Wildman–Crippen LogP) is 1.17. The molecule has 1 aliphatic rings. The molecule has 0 aliphatic carbocycles. The van der Waals surface area contributed by atoms with E-state index in [9.17, 15) is 15.2 Å². The zero-order valence-electron chi connectivity index (χ0n) is 11.5. The molecule has 2 aromatic rings. The molecule has 3 atom stereocenters. The van der Waals surface area contributed by atoms with Crippen molar-refractivity contribution < 1.29 is 19.9 Å². The van der Waals surface area contributed by atoms with Crippen LogP contribution in [0.2, 0.25) is 0 Å². The van der Waals surface area contributed by atoms with Crippen LogP contribution in [-0.2, 0) is 4.74 Å². The molecule has 114 valence electrons. The maximum Gasteiger partial charge on any atom is 0.270 e. The van der Waals surface area contributed by atoms with Crippen molar-refractivity contribution in [2.45, 2.75) is 24.9 Å². The molecule has 0 amide bonds. The van der Waals surface area contributed by atoms with Crippen LogP contribution in [0.3, 0.4) is 0 Å². The third-order valence-corrected chi connectivity index (χ3v) is 3.88. The first-order chi connectivity index (χ1) is 10.5. The summed E-state index contributed by atoms with van der Waals surface area (Å²) >= 11 is 0. The van der Waals surface area contributed by atoms with Gasteiger partial charge < -0.3 is 19.5 Å². The minimum absolute atomic E-state index is 0.0395. The zero-order chi connectivity index (χ0) is 15.9. The molecule has 3 rings (SSSR count). The second-order valence-electron chi connectivity index (χ2n) is 5.17. The molecular weight excluding hydrogens is 288 g/mol. The lowest BCUT2D eigenvalue weighted by molar-refractivity contribution is -0.384. The number of ether oxygens (including phenoxy) is 1. The normalized spacial score (nSPS) is 24.5. The fourth-order valence-corrected chi connectivity index (χ4v) is 2.76. The molecule has 7 nitrogen and oxygen atoms in total. The SMILES string of the molecule is C#Cc1cn([C@H]2CC(O)[C@@H](CO)O2)c2ccc([N+](=O)[O-])cc12. The van der Waals surface area contributed by atoms with E-state index in [1.54, 1.807) is 16.8 Å². The Hall–Kier alpha value is -2.40. The first kappa shape index (κ1) is 14.5. The number of benzene rings is 1. The van der Waals surface area contributed by atoms with Gasteiger partial charge in [0, 0.05) is 30.1 Å². The van der Waals surface area contributed by atoms with Gasteiger partial charge in [-0.15, -0.1) is 6.42 Å². The third-order valence-electron chi connectivity index (χ3n) is 3.88. The van der Waals surface area contributed by atoms with Gasteiger partial charge in [-0.25, -0.2) is 0 Å². The maximum atomic E-state index is 10.9. The Morgan fingerprint density at radius 2 is 2.32 bits per heavy atom. The van der Waals surface area contributed by atoms with E-state index in [1.807, 2.05) is 0 Å². The third kappa shape index (κ3) is 2.23. The van der Waals surface area contributed by atoms with Gasteiger partial charge >= 0.3 is 0 Å². The van der Waals surface area contributed by atoms with Gasteiger partial charge in [-0.2, -0.15) is 0 Å². The van der Waals surface area contributed by atoms with Gasteiger partial charge in [0.05, 0.1) is 28.7 Å². The van der Waals surface area contributed by atoms with Crippen LogP contribution >= 0.6 is 0 Å². The Morgan fingerprint density at radius 1 is 1.55 bits per heavy atom. The molecule has 0 bridgehead atoms. The van der Waals surface area contributed by atoms with E-state index < -0.39 is 23.4 Å². The highest BCUT2D eigenvalue weighted by Gasteiger charge is 2.35. The van der Waals surface area contributed by atoms with E-state index in [0.29, 0.717) is 22.9 Å². The Balaban J connectivity index is 2.08. The molecule has 0 saturated carbocycles. The molecule has 1 aromatic carbocycles. The number of aliphatic hydroxyl groups excluding tert-OH is 2. The van der Waals surface area contributed by atoms with Crippen molar-refractivity contribution in [1.29, 1.82) is 0 Å². The van der Waals surface area contributed by atoms with Gasteiger partial charge in [-0.05, 0) is 6.07 Å². The molecule has 1 saturated heterocycles. The number of aromatic nitrogens is 1. The molecule has 7 heteroatoms. The second-order valence-corrected chi connectivity index (χ2v) is 5.17. The van der Waals surface area contributed by atoms with E-state index in [-0.39, 0.29) is 12.3 Å². The quantitative estimate of drug-likeness (QED) is 0.504. The van der Waals surface area contributed by atoms with E-state index in [2.05, 4.69) is 5.92 Å². The lowest BCUT2D eigenvalue weighted by Crippen LogP contribution is -2.24. The summed E-state index contributed by atoms with van der Waals surface area (Å²) in [5, 5.41) is 30.5. The fourth-order valence-electron chi connectivity index (χ4n) is 2.76. The number of nitrogens with zero attached hydrogens (tertiary/aromatic N) is 2. The Morgan fingerprint density at radius 3 is 2.91 bits per heavy atom. The topological polar surface area (TPSA) is 97.8 Å². The maximum absolute atomic E-state index is 10.9. The van der Waals surface area contributed by atoms with E-state index >= 15 is 0 Å². The molecule has 0 radical (unpaired) electrons. The summed E-state index contributed by atoms with van der Waals surface area (Å²) in [6.07, 6.45) is 5.58. The van der Waals surface area contributed by atoms with Crippen LogP contribution in [0.25, 0.3) is 10.9 Å². The lowest BCUT2D eigenvalue weighted by Gasteiger charge is -2.14. The van der Waals surface area contributed by atoms with Crippen LogP contribution in [0.5, 0.6) is 0 Å². The van der Waals surface area contributed by atoms with Crippen molar-refractivity contribution in [2.24, 2.45) is 0 Å². The monoisotopic (exact) mass is 302 g/mol. The number of non-ortho nitro benzene ring substituents is 1. The summed E-state index contributed by atoms with van der Waals surface area (Å²) in [5.74, 6) is 2.51. The first-order valence-electron chi connectivity index (χ1n) is 6.75. The Bertz CT molecular complexity index is 776. The van der Waals surface area contributed by atoms with E-state index in [0.717, 1.165) is 0 Å². The van der Waals surface area contributed by atoms with E-state index in [1.165, 1.54) is 12.1 Å². The summed E-state index contributed by atoms with van der Waals surface area (Å²) in [6, 6.07) is 4.43. The fraction of sp³-hybridized carbons (Fsp3) is 0.333. The van der Waals surface area contributed by atoms with Gasteiger partial charge in [-0.3, -0.25) is 10.1 Å². The minimum Gasteiger partial charge on any atom is -0.394 e. The molecule has 2 N–H and O–H groups in total. The second kappa shape index (κ2) is 5.42. The number of nitro groups is 1. The van der Waals surface area contributed by atoms with Gasteiger partial charge in [-0.1, -0.05) is 5.92 Å². The number of nitro benzene ring substituents is 1. The Labute approximate surface area is 125 Å². The summed E-state index contributed by atoms with van der Waals surface area (Å²) in [7, 11) is 0. The molecule has 1 unspecified atom stereocenters. The van der Waals surface area contributed by atoms with Crippen LogP contribution in [0, 0.1) is 22.5 Å². The summed E-state index contributed by atoms with van der Waals surface area (Å²) < 4.78 is 7.36. The highest BCUT2D eigenvalue weighted by molar-refractivity contribution is 5.88. The van der Waals surface area contributed by atoms with Crippen LogP contribution in [0.15, 0.2) is 24.4 Å². The highest BCUT2D eigenvalue weighted by atomic mass is 16.6. The largest absolute Gasteiger partial charge is 0.394 e. The molecule has 1 fully saturated rings. The number of rotatable bonds is 3. The van der Waals surface area contributed by atoms with Crippen molar-refractivity contribution in [3.63, 3.8) is 0 Å². The molecule has 2 heterocycles. The molecular formula is C15H14N2O5.